The summed E-state index contributed by atoms with van der Waals surface area (Å²) < 4.78 is 45.0. The number of likely N-dealkylation sites (N-methyl/N-ethyl adjacent to an activating group) is 1. The summed E-state index contributed by atoms with van der Waals surface area (Å²) in [5.74, 6) is -2.36. The molecule has 0 bridgehead atoms. The molecule has 3 aromatic heterocycles. The second-order valence-corrected chi connectivity index (χ2v) is 12.4. The Hall–Kier alpha value is -4.45. The van der Waals surface area contributed by atoms with Crippen molar-refractivity contribution in [3.63, 3.8) is 0 Å². The summed E-state index contributed by atoms with van der Waals surface area (Å²) in [6.07, 6.45) is 3.35. The number of nitrogens with zero attached hydrogens (tertiary/aromatic N) is 4. The highest BCUT2D eigenvalue weighted by atomic mass is 19.3. The van der Waals surface area contributed by atoms with E-state index in [1.807, 2.05) is 32.8 Å². The van der Waals surface area contributed by atoms with Crippen LogP contribution in [0.2, 0.25) is 0 Å². The van der Waals surface area contributed by atoms with Gasteiger partial charge in [0.1, 0.15) is 17.5 Å². The lowest BCUT2D eigenvalue weighted by atomic mass is 9.93. The van der Waals surface area contributed by atoms with Gasteiger partial charge >= 0.3 is 5.97 Å². The van der Waals surface area contributed by atoms with Crippen LogP contribution in [0.4, 0.5) is 13.2 Å². The van der Waals surface area contributed by atoms with Crippen molar-refractivity contribution < 1.29 is 27.9 Å². The standard InChI is InChI=1S/C34H40F3N5O4/c1-19(2)11-28(42-17-22(7-9-40(5)6)14-26(31(36)37)34(42)46)33(45)39-27(16-29(43)44)23-15-25(32-38-8-10-41(32)18-23)30-20(3)12-24(35)13-21(30)4/h8,10,12-15,17-19,27-28,31H,7,9,11,16H2,1-6H3,(H,39,45)(H,43,44)/t27-,28+/m1/s1. The number of carbonyl (C=O) groups is 2. The van der Waals surface area contributed by atoms with E-state index in [-0.39, 0.29) is 12.3 Å². The summed E-state index contributed by atoms with van der Waals surface area (Å²) in [5.41, 5.74) is 2.45. The predicted octanol–water partition coefficient (Wildman–Crippen LogP) is 5.88. The topological polar surface area (TPSA) is 109 Å². The van der Waals surface area contributed by atoms with Crippen molar-refractivity contribution in [2.24, 2.45) is 5.92 Å². The number of carboxylic acids is 1. The van der Waals surface area contributed by atoms with Crippen LogP contribution in [0.5, 0.6) is 0 Å². The maximum atomic E-state index is 14.2. The second-order valence-electron chi connectivity index (χ2n) is 12.4. The van der Waals surface area contributed by atoms with Crippen LogP contribution in [0.15, 0.2) is 53.8 Å². The number of nitrogens with one attached hydrogen (secondary N) is 1. The van der Waals surface area contributed by atoms with Crippen molar-refractivity contribution in [3.8, 4) is 11.1 Å². The predicted molar refractivity (Wildman–Crippen MR) is 170 cm³/mol. The summed E-state index contributed by atoms with van der Waals surface area (Å²) >= 11 is 0. The molecule has 0 aliphatic heterocycles. The van der Waals surface area contributed by atoms with Crippen LogP contribution >= 0.6 is 0 Å². The van der Waals surface area contributed by atoms with E-state index in [9.17, 15) is 32.7 Å². The summed E-state index contributed by atoms with van der Waals surface area (Å²) in [5, 5.41) is 12.7. The minimum atomic E-state index is -3.04. The number of halogens is 3. The van der Waals surface area contributed by atoms with Gasteiger partial charge in [0.05, 0.1) is 18.0 Å². The maximum absolute atomic E-state index is 14.2. The van der Waals surface area contributed by atoms with E-state index in [2.05, 4.69) is 10.3 Å². The molecule has 4 aromatic rings. The van der Waals surface area contributed by atoms with Crippen LogP contribution in [-0.2, 0) is 16.0 Å². The third kappa shape index (κ3) is 7.85. The van der Waals surface area contributed by atoms with E-state index in [1.165, 1.54) is 24.4 Å². The quantitative estimate of drug-likeness (QED) is 0.189. The Balaban J connectivity index is 1.82. The fourth-order valence-electron chi connectivity index (χ4n) is 5.82. The van der Waals surface area contributed by atoms with Crippen molar-refractivity contribution in [1.29, 1.82) is 0 Å². The van der Waals surface area contributed by atoms with Gasteiger partial charge in [-0.1, -0.05) is 13.8 Å². The van der Waals surface area contributed by atoms with Crippen molar-refractivity contribution in [1.82, 2.24) is 24.2 Å². The van der Waals surface area contributed by atoms with Gasteiger partial charge in [0.15, 0.2) is 0 Å². The molecule has 2 atom stereocenters. The van der Waals surface area contributed by atoms with E-state index in [0.717, 1.165) is 10.1 Å². The normalized spacial score (nSPS) is 13.1. The number of pyridine rings is 2. The zero-order valence-electron chi connectivity index (χ0n) is 26.9. The van der Waals surface area contributed by atoms with Crippen LogP contribution < -0.4 is 10.9 Å². The van der Waals surface area contributed by atoms with E-state index < -0.39 is 53.7 Å². The number of hydrogen-bond acceptors (Lipinski definition) is 5. The number of fused-ring (bicyclic) bond motifs is 1. The second kappa shape index (κ2) is 14.3. The lowest BCUT2D eigenvalue weighted by Crippen LogP contribution is -2.41. The molecule has 12 heteroatoms. The number of imidazole rings is 1. The number of carboxylic acid groups (broad SMARTS) is 1. The molecular weight excluding hydrogens is 599 g/mol. The third-order valence-electron chi connectivity index (χ3n) is 7.92. The summed E-state index contributed by atoms with van der Waals surface area (Å²) in [4.78, 5) is 45.8. The van der Waals surface area contributed by atoms with Gasteiger partial charge in [-0.15, -0.1) is 0 Å². The van der Waals surface area contributed by atoms with Gasteiger partial charge in [-0.05, 0) is 98.8 Å². The van der Waals surface area contributed by atoms with Crippen LogP contribution in [0.25, 0.3) is 16.8 Å². The van der Waals surface area contributed by atoms with Gasteiger partial charge in [0, 0.05) is 36.9 Å². The summed E-state index contributed by atoms with van der Waals surface area (Å²) in [6, 6.07) is 3.47. The lowest BCUT2D eigenvalue weighted by molar-refractivity contribution is -0.138. The SMILES string of the molecule is Cc1cc(F)cc(C)c1-c1cc([C@@H](CC(=O)O)NC(=O)[C@H](CC(C)C)n2cc(CCN(C)C)cc(C(F)F)c2=O)cn2ccnc12. The van der Waals surface area contributed by atoms with Gasteiger partial charge in [0.25, 0.3) is 12.0 Å². The molecular formula is C34H40F3N5O4. The Kier molecular flexibility index (Phi) is 10.7. The zero-order valence-corrected chi connectivity index (χ0v) is 26.9. The van der Waals surface area contributed by atoms with Crippen LogP contribution in [0, 0.1) is 25.6 Å². The van der Waals surface area contributed by atoms with E-state index >= 15 is 0 Å². The number of amides is 1. The molecule has 0 aliphatic carbocycles. The number of benzene rings is 1. The molecule has 4 rings (SSSR count). The number of rotatable bonds is 13. The third-order valence-corrected chi connectivity index (χ3v) is 7.92. The maximum Gasteiger partial charge on any atom is 0.305 e. The molecule has 9 nitrogen and oxygen atoms in total. The van der Waals surface area contributed by atoms with Crippen molar-refractivity contribution in [3.05, 3.63) is 93.0 Å². The fourth-order valence-corrected chi connectivity index (χ4v) is 5.82. The molecule has 0 saturated heterocycles. The number of aliphatic carboxylic acids is 1. The van der Waals surface area contributed by atoms with E-state index in [0.29, 0.717) is 46.4 Å². The molecule has 0 aliphatic rings. The van der Waals surface area contributed by atoms with Gasteiger partial charge in [-0.3, -0.25) is 14.4 Å². The zero-order chi connectivity index (χ0) is 33.9. The average molecular weight is 640 g/mol. The molecule has 0 spiro atoms. The highest BCUT2D eigenvalue weighted by Crippen LogP contribution is 2.34. The fraction of sp³-hybridized carbons (Fsp3) is 0.412. The molecule has 46 heavy (non-hydrogen) atoms. The Morgan fingerprint density at radius 2 is 1.74 bits per heavy atom. The first-order valence-electron chi connectivity index (χ1n) is 15.1. The Morgan fingerprint density at radius 3 is 2.33 bits per heavy atom. The van der Waals surface area contributed by atoms with Gasteiger partial charge in [0.2, 0.25) is 5.91 Å². The van der Waals surface area contributed by atoms with Gasteiger partial charge in [-0.25, -0.2) is 18.2 Å². The molecule has 2 N–H and O–H groups in total. The first-order valence-corrected chi connectivity index (χ1v) is 15.1. The smallest absolute Gasteiger partial charge is 0.305 e. The highest BCUT2D eigenvalue weighted by molar-refractivity contribution is 5.84. The van der Waals surface area contributed by atoms with Crippen LogP contribution in [0.3, 0.4) is 0 Å². The first-order chi connectivity index (χ1) is 21.7. The molecule has 0 saturated carbocycles. The molecule has 0 unspecified atom stereocenters. The van der Waals surface area contributed by atoms with Crippen molar-refractivity contribution >= 4 is 17.5 Å². The van der Waals surface area contributed by atoms with E-state index in [4.69, 9.17) is 0 Å². The summed E-state index contributed by atoms with van der Waals surface area (Å²) in [6.45, 7) is 7.76. The first kappa shape index (κ1) is 34.4. The lowest BCUT2D eigenvalue weighted by Gasteiger charge is -2.26. The molecule has 3 heterocycles. The van der Waals surface area contributed by atoms with Gasteiger partial charge < -0.3 is 24.3 Å². The van der Waals surface area contributed by atoms with Crippen molar-refractivity contribution in [2.75, 3.05) is 20.6 Å². The number of carbonyl (C=O) groups excluding carboxylic acids is 1. The molecule has 1 amide bonds. The largest absolute Gasteiger partial charge is 0.481 e. The number of alkyl halides is 2. The summed E-state index contributed by atoms with van der Waals surface area (Å²) in [7, 11) is 3.68. The molecule has 1 aromatic carbocycles. The monoisotopic (exact) mass is 639 g/mol. The molecule has 0 radical (unpaired) electrons. The Labute approximate surface area is 265 Å². The molecule has 0 fully saturated rings. The Bertz CT molecular complexity index is 1770. The minimum Gasteiger partial charge on any atom is -0.481 e. The molecule has 246 valence electrons. The number of hydrogen-bond donors (Lipinski definition) is 2. The minimum absolute atomic E-state index is 0.112. The average Bonchev–Trinajstić information content (AvgIpc) is 3.43. The van der Waals surface area contributed by atoms with Crippen LogP contribution in [0.1, 0.15) is 73.0 Å². The van der Waals surface area contributed by atoms with Crippen molar-refractivity contribution in [2.45, 2.75) is 65.5 Å². The Morgan fingerprint density at radius 1 is 1.07 bits per heavy atom. The van der Waals surface area contributed by atoms with Crippen LogP contribution in [-0.4, -0.2) is 56.5 Å². The van der Waals surface area contributed by atoms with E-state index in [1.54, 1.807) is 42.9 Å². The number of aromatic nitrogens is 3. The van der Waals surface area contributed by atoms with Gasteiger partial charge in [-0.2, -0.15) is 0 Å². The number of aryl methyl sites for hydroxylation is 2. The highest BCUT2D eigenvalue weighted by Gasteiger charge is 2.30.